The number of carbonyl (C=O) groups excluding carboxylic acids is 2. The lowest BCUT2D eigenvalue weighted by Crippen LogP contribution is -2.47. The molecule has 0 radical (unpaired) electrons. The highest BCUT2D eigenvalue weighted by Gasteiger charge is 2.24. The number of ether oxygens (including phenoxy) is 1. The second-order valence-electron chi connectivity index (χ2n) is 9.81. The van der Waals surface area contributed by atoms with Crippen LogP contribution in [-0.2, 0) is 6.54 Å². The van der Waals surface area contributed by atoms with Crippen LogP contribution in [0.25, 0.3) is 0 Å². The molecule has 1 aliphatic heterocycles. The van der Waals surface area contributed by atoms with E-state index in [4.69, 9.17) is 4.74 Å². The van der Waals surface area contributed by atoms with Crippen molar-refractivity contribution in [1.29, 1.82) is 0 Å². The summed E-state index contributed by atoms with van der Waals surface area (Å²) < 4.78 is 5.54. The first kappa shape index (κ1) is 28.2. The lowest BCUT2D eigenvalue weighted by atomic mass is 10.1. The van der Waals surface area contributed by atoms with Crippen molar-refractivity contribution < 1.29 is 19.2 Å². The van der Waals surface area contributed by atoms with Gasteiger partial charge < -0.3 is 25.2 Å². The molecule has 0 aliphatic carbocycles. The average molecular weight is 566 g/mol. The Labute approximate surface area is 243 Å². The van der Waals surface area contributed by atoms with E-state index in [1.807, 2.05) is 60.7 Å². The fourth-order valence-corrected chi connectivity index (χ4v) is 4.99. The molecule has 214 valence electrons. The molecule has 1 aliphatic rings. The molecule has 1 heterocycles. The Morgan fingerprint density at radius 3 is 2.21 bits per heavy atom. The van der Waals surface area contributed by atoms with Crippen LogP contribution in [0.4, 0.5) is 22.7 Å². The minimum Gasteiger partial charge on any atom is -0.495 e. The Bertz CT molecular complexity index is 1590. The molecule has 0 unspecified atom stereocenters. The molecule has 4 aromatic rings. The molecule has 2 amide bonds. The molecular formula is C32H31N5O5. The number of nitrogens with zero attached hydrogens (tertiary/aromatic N) is 3. The van der Waals surface area contributed by atoms with Crippen LogP contribution >= 0.6 is 0 Å². The number of non-ortho nitro benzene ring substituents is 1. The quantitative estimate of drug-likeness (QED) is 0.214. The summed E-state index contributed by atoms with van der Waals surface area (Å²) in [5, 5.41) is 16.9. The summed E-state index contributed by atoms with van der Waals surface area (Å²) in [7, 11) is 1.66. The molecule has 10 nitrogen and oxygen atoms in total. The zero-order chi connectivity index (χ0) is 29.5. The SMILES string of the molecule is COc1ccccc1N1CCN(c2ccc(NC(=O)c3cccc([N+](=O)[O-])c3)cc2C(=O)NCc2ccccc2)CC1. The molecule has 2 N–H and O–H groups in total. The Morgan fingerprint density at radius 1 is 0.810 bits per heavy atom. The summed E-state index contributed by atoms with van der Waals surface area (Å²) in [6, 6.07) is 28.3. The third-order valence-electron chi connectivity index (χ3n) is 7.16. The number of anilines is 3. The largest absolute Gasteiger partial charge is 0.495 e. The van der Waals surface area contributed by atoms with E-state index in [-0.39, 0.29) is 17.2 Å². The number of rotatable bonds is 9. The van der Waals surface area contributed by atoms with Gasteiger partial charge in [-0.3, -0.25) is 19.7 Å². The number of hydrogen-bond acceptors (Lipinski definition) is 7. The van der Waals surface area contributed by atoms with E-state index in [9.17, 15) is 19.7 Å². The van der Waals surface area contributed by atoms with E-state index >= 15 is 0 Å². The van der Waals surface area contributed by atoms with Crippen LogP contribution in [0, 0.1) is 10.1 Å². The van der Waals surface area contributed by atoms with Gasteiger partial charge in [-0.15, -0.1) is 0 Å². The normalized spacial score (nSPS) is 12.9. The molecule has 1 fully saturated rings. The average Bonchev–Trinajstić information content (AvgIpc) is 3.04. The minimum atomic E-state index is -0.547. The second kappa shape index (κ2) is 12.9. The standard InChI is InChI=1S/C32H31N5O5/c1-42-30-13-6-5-12-29(30)36-18-16-35(17-19-36)28-15-14-25(34-31(38)24-10-7-11-26(20-24)37(40)41)21-27(28)32(39)33-22-23-8-3-2-4-9-23/h2-15,20-21H,16-19,22H2,1H3,(H,33,39)(H,34,38). The van der Waals surface area contributed by atoms with Crippen LogP contribution in [0.15, 0.2) is 97.1 Å². The lowest BCUT2D eigenvalue weighted by molar-refractivity contribution is -0.384. The van der Waals surface area contributed by atoms with Crippen molar-refractivity contribution in [2.75, 3.05) is 48.4 Å². The van der Waals surface area contributed by atoms with Gasteiger partial charge in [-0.05, 0) is 42.0 Å². The van der Waals surface area contributed by atoms with Gasteiger partial charge in [-0.1, -0.05) is 48.5 Å². The van der Waals surface area contributed by atoms with Crippen LogP contribution in [0.1, 0.15) is 26.3 Å². The third-order valence-corrected chi connectivity index (χ3v) is 7.16. The second-order valence-corrected chi connectivity index (χ2v) is 9.81. The van der Waals surface area contributed by atoms with Crippen molar-refractivity contribution in [2.45, 2.75) is 6.54 Å². The van der Waals surface area contributed by atoms with E-state index in [0.29, 0.717) is 30.9 Å². The monoisotopic (exact) mass is 565 g/mol. The molecule has 1 saturated heterocycles. The van der Waals surface area contributed by atoms with Gasteiger partial charge in [0.1, 0.15) is 5.75 Å². The molecule has 0 atom stereocenters. The highest BCUT2D eigenvalue weighted by Crippen LogP contribution is 2.31. The number of nitrogens with one attached hydrogen (secondary N) is 2. The number of carbonyl (C=O) groups is 2. The van der Waals surface area contributed by atoms with Gasteiger partial charge in [-0.2, -0.15) is 0 Å². The molecule has 0 aromatic heterocycles. The Morgan fingerprint density at radius 2 is 1.50 bits per heavy atom. The summed E-state index contributed by atoms with van der Waals surface area (Å²) >= 11 is 0. The molecule has 0 spiro atoms. The van der Waals surface area contributed by atoms with E-state index < -0.39 is 10.8 Å². The Kier molecular flexibility index (Phi) is 8.62. The van der Waals surface area contributed by atoms with Crippen LogP contribution < -0.4 is 25.2 Å². The molecule has 4 aromatic carbocycles. The first-order chi connectivity index (χ1) is 20.4. The summed E-state index contributed by atoms with van der Waals surface area (Å²) in [6.45, 7) is 3.17. The molecule has 42 heavy (non-hydrogen) atoms. The number of amides is 2. The minimum absolute atomic E-state index is 0.149. The number of hydrogen-bond donors (Lipinski definition) is 2. The topological polar surface area (TPSA) is 117 Å². The van der Waals surface area contributed by atoms with Crippen molar-refractivity contribution in [3.05, 3.63) is 124 Å². The maximum Gasteiger partial charge on any atom is 0.270 e. The third kappa shape index (κ3) is 6.49. The fraction of sp³-hybridized carbons (Fsp3) is 0.188. The highest BCUT2D eigenvalue weighted by molar-refractivity contribution is 6.06. The van der Waals surface area contributed by atoms with E-state index in [1.165, 1.54) is 24.3 Å². The maximum absolute atomic E-state index is 13.5. The van der Waals surface area contributed by atoms with Gasteiger partial charge >= 0.3 is 0 Å². The number of para-hydroxylation sites is 2. The van der Waals surface area contributed by atoms with Gasteiger partial charge in [-0.25, -0.2) is 0 Å². The van der Waals surface area contributed by atoms with Crippen molar-refractivity contribution >= 4 is 34.6 Å². The summed E-state index contributed by atoms with van der Waals surface area (Å²) in [5.74, 6) is 0.0377. The first-order valence-corrected chi connectivity index (χ1v) is 13.6. The Balaban J connectivity index is 1.37. The van der Waals surface area contributed by atoms with Crippen molar-refractivity contribution in [3.8, 4) is 5.75 Å². The number of benzene rings is 4. The van der Waals surface area contributed by atoms with Crippen LogP contribution in [0.3, 0.4) is 0 Å². The van der Waals surface area contributed by atoms with Gasteiger partial charge in [0.25, 0.3) is 17.5 Å². The number of nitro benzene ring substituents is 1. The van der Waals surface area contributed by atoms with Crippen molar-refractivity contribution in [3.63, 3.8) is 0 Å². The molecule has 0 bridgehead atoms. The number of nitro groups is 1. The fourth-order valence-electron chi connectivity index (χ4n) is 4.99. The van der Waals surface area contributed by atoms with Gasteiger partial charge in [0.2, 0.25) is 0 Å². The lowest BCUT2D eigenvalue weighted by Gasteiger charge is -2.38. The maximum atomic E-state index is 13.5. The van der Waals surface area contributed by atoms with E-state index in [2.05, 4.69) is 20.4 Å². The smallest absolute Gasteiger partial charge is 0.270 e. The first-order valence-electron chi connectivity index (χ1n) is 13.6. The summed E-state index contributed by atoms with van der Waals surface area (Å²) in [5.41, 5.74) is 3.56. The molecule has 10 heteroatoms. The van der Waals surface area contributed by atoms with Crippen molar-refractivity contribution in [2.24, 2.45) is 0 Å². The van der Waals surface area contributed by atoms with Gasteiger partial charge in [0, 0.05) is 61.8 Å². The van der Waals surface area contributed by atoms with E-state index in [0.717, 1.165) is 35.8 Å². The Hall–Kier alpha value is -5.38. The van der Waals surface area contributed by atoms with Crippen molar-refractivity contribution in [1.82, 2.24) is 5.32 Å². The van der Waals surface area contributed by atoms with E-state index in [1.54, 1.807) is 19.2 Å². The predicted octanol–water partition coefficient (Wildman–Crippen LogP) is 5.11. The molecule has 5 rings (SSSR count). The number of piperazine rings is 1. The summed E-state index contributed by atoms with van der Waals surface area (Å²) in [4.78, 5) is 41.5. The predicted molar refractivity (Wildman–Crippen MR) is 163 cm³/mol. The van der Waals surface area contributed by atoms with Gasteiger partial charge in [0.15, 0.2) is 0 Å². The zero-order valence-electron chi connectivity index (χ0n) is 23.2. The zero-order valence-corrected chi connectivity index (χ0v) is 23.2. The molecule has 0 saturated carbocycles. The number of methoxy groups -OCH3 is 1. The summed E-state index contributed by atoms with van der Waals surface area (Å²) in [6.07, 6.45) is 0. The highest BCUT2D eigenvalue weighted by atomic mass is 16.6. The van der Waals surface area contributed by atoms with Crippen LogP contribution in [0.5, 0.6) is 5.75 Å². The molecular weight excluding hydrogens is 534 g/mol. The van der Waals surface area contributed by atoms with Crippen LogP contribution in [0.2, 0.25) is 0 Å². The van der Waals surface area contributed by atoms with Crippen LogP contribution in [-0.4, -0.2) is 50.0 Å². The van der Waals surface area contributed by atoms with Gasteiger partial charge in [0.05, 0.1) is 23.3 Å².